The third-order valence-electron chi connectivity index (χ3n) is 3.22. The van der Waals surface area contributed by atoms with Crippen LogP contribution in [-0.4, -0.2) is 0 Å². The molecule has 1 aromatic carbocycles. The fraction of sp³-hybridized carbons (Fsp3) is 0.286. The van der Waals surface area contributed by atoms with Gasteiger partial charge in [-0.1, -0.05) is 26.0 Å². The van der Waals surface area contributed by atoms with E-state index in [1.54, 1.807) is 18.4 Å². The normalized spacial score (nSPS) is 13.6. The molecule has 3 heteroatoms. The maximum absolute atomic E-state index is 12.9. The van der Waals surface area contributed by atoms with Gasteiger partial charge in [0.15, 0.2) is 0 Å². The first-order valence-corrected chi connectivity index (χ1v) is 5.57. The molecular weight excluding hydrogens is 217 g/mol. The van der Waals surface area contributed by atoms with Gasteiger partial charge in [0.05, 0.1) is 12.3 Å². The van der Waals surface area contributed by atoms with E-state index in [0.717, 1.165) is 11.3 Å². The summed E-state index contributed by atoms with van der Waals surface area (Å²) in [7, 11) is 0. The van der Waals surface area contributed by atoms with Crippen LogP contribution in [0.5, 0.6) is 0 Å². The average molecular weight is 233 g/mol. The smallest absolute Gasteiger partial charge is 0.123 e. The zero-order valence-corrected chi connectivity index (χ0v) is 9.98. The second-order valence-corrected chi connectivity index (χ2v) is 4.72. The van der Waals surface area contributed by atoms with E-state index in [1.807, 2.05) is 26.0 Å². The molecule has 1 atom stereocenters. The summed E-state index contributed by atoms with van der Waals surface area (Å²) in [4.78, 5) is 0. The first kappa shape index (κ1) is 11.9. The maximum atomic E-state index is 12.9. The fourth-order valence-corrected chi connectivity index (χ4v) is 1.88. The molecule has 1 heterocycles. The molecule has 1 aromatic heterocycles. The Hall–Kier alpha value is -1.61. The number of hydrogen-bond donors (Lipinski definition) is 1. The van der Waals surface area contributed by atoms with E-state index in [2.05, 4.69) is 0 Å². The number of furan rings is 1. The van der Waals surface area contributed by atoms with Gasteiger partial charge < -0.3 is 10.2 Å². The number of benzene rings is 1. The van der Waals surface area contributed by atoms with Crippen molar-refractivity contribution in [3.05, 3.63) is 59.8 Å². The van der Waals surface area contributed by atoms with E-state index in [4.69, 9.17) is 10.2 Å². The molecule has 0 spiro atoms. The lowest BCUT2D eigenvalue weighted by Crippen LogP contribution is -2.32. The number of halogens is 1. The van der Waals surface area contributed by atoms with Gasteiger partial charge in [-0.3, -0.25) is 0 Å². The summed E-state index contributed by atoms with van der Waals surface area (Å²) >= 11 is 0. The van der Waals surface area contributed by atoms with Crippen LogP contribution in [0.3, 0.4) is 0 Å². The predicted molar refractivity (Wildman–Crippen MR) is 65.1 cm³/mol. The highest BCUT2D eigenvalue weighted by Gasteiger charge is 2.31. The van der Waals surface area contributed by atoms with Crippen LogP contribution in [0.15, 0.2) is 47.1 Å². The van der Waals surface area contributed by atoms with Crippen molar-refractivity contribution in [2.45, 2.75) is 25.3 Å². The van der Waals surface area contributed by atoms with Crippen molar-refractivity contribution in [1.29, 1.82) is 0 Å². The largest absolute Gasteiger partial charge is 0.468 e. The minimum atomic E-state index is -0.314. The van der Waals surface area contributed by atoms with Crippen LogP contribution >= 0.6 is 0 Å². The Morgan fingerprint density at radius 3 is 2.35 bits per heavy atom. The molecule has 2 rings (SSSR count). The van der Waals surface area contributed by atoms with Crippen molar-refractivity contribution in [3.8, 4) is 0 Å². The summed E-state index contributed by atoms with van der Waals surface area (Å²) in [5.74, 6) is 0.496. The third-order valence-corrected chi connectivity index (χ3v) is 3.22. The highest BCUT2D eigenvalue weighted by Crippen LogP contribution is 2.35. The summed E-state index contributed by atoms with van der Waals surface area (Å²) in [5.41, 5.74) is 6.87. The maximum Gasteiger partial charge on any atom is 0.123 e. The number of hydrogen-bond acceptors (Lipinski definition) is 2. The minimum absolute atomic E-state index is 0.240. The van der Waals surface area contributed by atoms with Crippen molar-refractivity contribution in [1.82, 2.24) is 0 Å². The van der Waals surface area contributed by atoms with Gasteiger partial charge in [0.25, 0.3) is 0 Å². The topological polar surface area (TPSA) is 39.2 Å². The molecule has 0 radical (unpaired) electrons. The molecule has 1 unspecified atom stereocenters. The summed E-state index contributed by atoms with van der Waals surface area (Å²) in [6.45, 7) is 4.04. The van der Waals surface area contributed by atoms with Gasteiger partial charge in [-0.2, -0.15) is 0 Å². The van der Waals surface area contributed by atoms with Gasteiger partial charge in [0.2, 0.25) is 0 Å². The zero-order chi connectivity index (χ0) is 12.5. The molecule has 0 amide bonds. The van der Waals surface area contributed by atoms with Gasteiger partial charge in [-0.05, 0) is 29.8 Å². The van der Waals surface area contributed by atoms with Crippen LogP contribution in [0.4, 0.5) is 4.39 Å². The van der Waals surface area contributed by atoms with E-state index >= 15 is 0 Å². The molecule has 90 valence electrons. The van der Waals surface area contributed by atoms with E-state index in [1.165, 1.54) is 12.1 Å². The van der Waals surface area contributed by atoms with Crippen LogP contribution < -0.4 is 5.73 Å². The van der Waals surface area contributed by atoms with Gasteiger partial charge in [0, 0.05) is 5.41 Å². The van der Waals surface area contributed by atoms with Crippen LogP contribution in [0.25, 0.3) is 0 Å². The molecular formula is C14H16FNO. The van der Waals surface area contributed by atoms with Crippen LogP contribution in [0, 0.1) is 5.82 Å². The predicted octanol–water partition coefficient (Wildman–Crippen LogP) is 3.40. The number of nitrogens with two attached hydrogens (primary N) is 1. The van der Waals surface area contributed by atoms with E-state index in [9.17, 15) is 4.39 Å². The molecule has 0 aliphatic carbocycles. The Bertz CT molecular complexity index is 473. The van der Waals surface area contributed by atoms with Gasteiger partial charge >= 0.3 is 0 Å². The Balaban J connectivity index is 2.32. The molecule has 0 saturated carbocycles. The van der Waals surface area contributed by atoms with Crippen molar-refractivity contribution in [2.24, 2.45) is 5.73 Å². The molecule has 0 bridgehead atoms. The summed E-state index contributed by atoms with van der Waals surface area (Å²) in [6, 6.07) is 9.84. The van der Waals surface area contributed by atoms with Gasteiger partial charge in [0.1, 0.15) is 11.6 Å². The van der Waals surface area contributed by atoms with Crippen LogP contribution in [0.2, 0.25) is 0 Å². The van der Waals surface area contributed by atoms with E-state index < -0.39 is 0 Å². The Morgan fingerprint density at radius 2 is 1.82 bits per heavy atom. The molecule has 2 nitrogen and oxygen atoms in total. The average Bonchev–Trinajstić information content (AvgIpc) is 2.82. The first-order valence-electron chi connectivity index (χ1n) is 5.57. The van der Waals surface area contributed by atoms with Gasteiger partial charge in [-0.15, -0.1) is 0 Å². The second-order valence-electron chi connectivity index (χ2n) is 4.72. The zero-order valence-electron chi connectivity index (χ0n) is 9.98. The molecule has 0 aliphatic rings. The highest BCUT2D eigenvalue weighted by atomic mass is 19.1. The lowest BCUT2D eigenvalue weighted by molar-refractivity contribution is 0.352. The minimum Gasteiger partial charge on any atom is -0.468 e. The fourth-order valence-electron chi connectivity index (χ4n) is 1.88. The van der Waals surface area contributed by atoms with Crippen LogP contribution in [-0.2, 0) is 5.41 Å². The standard InChI is InChI=1S/C14H16FNO/c1-14(2,10-5-7-11(15)8-6-10)13(16)12-4-3-9-17-12/h3-9,13H,16H2,1-2H3. The van der Waals surface area contributed by atoms with Crippen LogP contribution in [0.1, 0.15) is 31.2 Å². The van der Waals surface area contributed by atoms with Gasteiger partial charge in [-0.25, -0.2) is 4.39 Å². The lowest BCUT2D eigenvalue weighted by Gasteiger charge is -2.30. The third kappa shape index (κ3) is 2.24. The second kappa shape index (κ2) is 4.34. The Morgan fingerprint density at radius 1 is 1.18 bits per heavy atom. The molecule has 0 fully saturated rings. The molecule has 2 aromatic rings. The number of rotatable bonds is 3. The van der Waals surface area contributed by atoms with E-state index in [-0.39, 0.29) is 17.3 Å². The van der Waals surface area contributed by atoms with Crippen molar-refractivity contribution < 1.29 is 8.81 Å². The van der Waals surface area contributed by atoms with Crippen molar-refractivity contribution in [2.75, 3.05) is 0 Å². The molecule has 0 saturated heterocycles. The van der Waals surface area contributed by atoms with Crippen molar-refractivity contribution in [3.63, 3.8) is 0 Å². The quantitative estimate of drug-likeness (QED) is 0.882. The molecule has 0 aliphatic heterocycles. The monoisotopic (exact) mass is 233 g/mol. The summed E-state index contributed by atoms with van der Waals surface area (Å²) in [5, 5.41) is 0. The first-order chi connectivity index (χ1) is 8.01. The molecule has 17 heavy (non-hydrogen) atoms. The molecule has 2 N–H and O–H groups in total. The summed E-state index contributed by atoms with van der Waals surface area (Å²) in [6.07, 6.45) is 1.61. The Labute approximate surface area is 100 Å². The Kier molecular flexibility index (Phi) is 3.03. The highest BCUT2D eigenvalue weighted by molar-refractivity contribution is 5.28. The van der Waals surface area contributed by atoms with Crippen molar-refractivity contribution >= 4 is 0 Å². The summed E-state index contributed by atoms with van der Waals surface area (Å²) < 4.78 is 18.2. The van der Waals surface area contributed by atoms with E-state index in [0.29, 0.717) is 0 Å². The lowest BCUT2D eigenvalue weighted by atomic mass is 9.77. The SMILES string of the molecule is CC(C)(c1ccc(F)cc1)C(N)c1ccco1.